The van der Waals surface area contributed by atoms with Crippen LogP contribution in [0.25, 0.3) is 10.9 Å². The average molecular weight is 349 g/mol. The molecule has 1 aromatic carbocycles. The molecule has 0 N–H and O–H groups in total. The average Bonchev–Trinajstić information content (AvgIpc) is 2.61. The summed E-state index contributed by atoms with van der Waals surface area (Å²) in [5.41, 5.74) is 1.33. The van der Waals surface area contributed by atoms with E-state index in [1.807, 2.05) is 32.4 Å². The zero-order valence-corrected chi connectivity index (χ0v) is 14.5. The van der Waals surface area contributed by atoms with Crippen molar-refractivity contribution in [2.45, 2.75) is 32.3 Å². The van der Waals surface area contributed by atoms with Gasteiger partial charge >= 0.3 is 5.97 Å². The summed E-state index contributed by atoms with van der Waals surface area (Å²) in [5, 5.41) is 1.51. The van der Waals surface area contributed by atoms with Gasteiger partial charge in [0.25, 0.3) is 0 Å². The molecule has 0 fully saturated rings. The second-order valence-corrected chi connectivity index (χ2v) is 6.88. The number of ether oxygens (including phenoxy) is 1. The molecule has 0 atom stereocenters. The van der Waals surface area contributed by atoms with E-state index in [-0.39, 0.29) is 5.88 Å². The number of nitrogens with zero attached hydrogens (tertiary/aromatic N) is 1. The third kappa shape index (κ3) is 3.15. The highest BCUT2D eigenvalue weighted by molar-refractivity contribution is 6.43. The molecule has 0 aliphatic carbocycles. The van der Waals surface area contributed by atoms with E-state index in [9.17, 15) is 4.79 Å². The smallest absolute Gasteiger partial charge is 0.341 e. The number of aryl methyl sites for hydroxylation is 1. The fourth-order valence-electron chi connectivity index (χ4n) is 2.20. The molecule has 114 valence electrons. The lowest BCUT2D eigenvalue weighted by molar-refractivity contribution is 0.00707. The van der Waals surface area contributed by atoms with Gasteiger partial charge in [-0.05, 0) is 32.9 Å². The van der Waals surface area contributed by atoms with Gasteiger partial charge in [0.15, 0.2) is 0 Å². The van der Waals surface area contributed by atoms with Gasteiger partial charge in [0.1, 0.15) is 5.60 Å². The van der Waals surface area contributed by atoms with Crippen LogP contribution >= 0.6 is 34.8 Å². The standard InChI is InChI=1S/C15H16Cl3NO2/c1-15(2,3)21-14(20)13-8-5-9(17)10(18)6-11(8)19(4)12(13)7-16/h5-6H,7H2,1-4H3. The maximum absolute atomic E-state index is 12.5. The lowest BCUT2D eigenvalue weighted by Gasteiger charge is -2.19. The highest BCUT2D eigenvalue weighted by Gasteiger charge is 2.26. The van der Waals surface area contributed by atoms with Crippen LogP contribution in [0.1, 0.15) is 36.8 Å². The molecule has 2 rings (SSSR count). The molecular weight excluding hydrogens is 333 g/mol. The molecule has 1 heterocycles. The fourth-order valence-corrected chi connectivity index (χ4v) is 2.83. The molecule has 21 heavy (non-hydrogen) atoms. The Morgan fingerprint density at radius 2 is 1.81 bits per heavy atom. The monoisotopic (exact) mass is 347 g/mol. The van der Waals surface area contributed by atoms with Crippen molar-refractivity contribution < 1.29 is 9.53 Å². The van der Waals surface area contributed by atoms with Crippen molar-refractivity contribution in [1.29, 1.82) is 0 Å². The number of alkyl halides is 1. The van der Waals surface area contributed by atoms with E-state index in [0.717, 1.165) is 5.52 Å². The summed E-state index contributed by atoms with van der Waals surface area (Å²) in [4.78, 5) is 12.5. The minimum atomic E-state index is -0.584. The zero-order valence-electron chi connectivity index (χ0n) is 12.3. The molecule has 0 spiro atoms. The molecule has 0 saturated carbocycles. The molecule has 0 bridgehead atoms. The highest BCUT2D eigenvalue weighted by Crippen LogP contribution is 2.34. The number of carbonyl (C=O) groups is 1. The largest absolute Gasteiger partial charge is 0.456 e. The van der Waals surface area contributed by atoms with E-state index in [1.165, 1.54) is 0 Å². The Hall–Kier alpha value is -0.900. The fraction of sp³-hybridized carbons (Fsp3) is 0.400. The maximum atomic E-state index is 12.5. The molecule has 0 radical (unpaired) electrons. The van der Waals surface area contributed by atoms with E-state index in [0.29, 0.717) is 26.7 Å². The molecule has 0 aliphatic heterocycles. The quantitative estimate of drug-likeness (QED) is 0.553. The predicted octanol–water partition coefficient (Wildman–Crippen LogP) is 5.18. The third-order valence-corrected chi connectivity index (χ3v) is 4.07. The molecule has 0 aliphatic rings. The van der Waals surface area contributed by atoms with Crippen LogP contribution < -0.4 is 0 Å². The summed E-state index contributed by atoms with van der Waals surface area (Å²) < 4.78 is 7.31. The van der Waals surface area contributed by atoms with Gasteiger partial charge in [0.05, 0.1) is 27.0 Å². The minimum absolute atomic E-state index is 0.189. The van der Waals surface area contributed by atoms with Crippen molar-refractivity contribution >= 4 is 51.7 Å². The minimum Gasteiger partial charge on any atom is -0.456 e. The predicted molar refractivity (Wildman–Crippen MR) is 87.7 cm³/mol. The van der Waals surface area contributed by atoms with Crippen molar-refractivity contribution in [3.05, 3.63) is 33.4 Å². The number of hydrogen-bond donors (Lipinski definition) is 0. The molecule has 0 unspecified atom stereocenters. The number of esters is 1. The zero-order chi connectivity index (χ0) is 15.9. The Bertz CT molecular complexity index is 714. The summed E-state index contributed by atoms with van der Waals surface area (Å²) in [6, 6.07) is 3.40. The van der Waals surface area contributed by atoms with Crippen LogP contribution in [0.2, 0.25) is 10.0 Å². The second kappa shape index (κ2) is 5.71. The van der Waals surface area contributed by atoms with Crippen molar-refractivity contribution in [2.75, 3.05) is 0 Å². The van der Waals surface area contributed by atoms with Gasteiger partial charge in [0.2, 0.25) is 0 Å². The number of rotatable bonds is 2. The Kier molecular flexibility index (Phi) is 4.48. The van der Waals surface area contributed by atoms with Crippen molar-refractivity contribution in [3.63, 3.8) is 0 Å². The summed E-state index contributed by atoms with van der Waals surface area (Å²) >= 11 is 18.1. The summed E-state index contributed by atoms with van der Waals surface area (Å²) in [5.74, 6) is -0.225. The lowest BCUT2D eigenvalue weighted by Crippen LogP contribution is -2.24. The number of halogens is 3. The number of carbonyl (C=O) groups excluding carboxylic acids is 1. The first kappa shape index (κ1) is 16.5. The molecular formula is C15H16Cl3NO2. The Morgan fingerprint density at radius 1 is 1.24 bits per heavy atom. The molecule has 6 heteroatoms. The van der Waals surface area contributed by atoms with Crippen LogP contribution in [0.5, 0.6) is 0 Å². The second-order valence-electron chi connectivity index (χ2n) is 5.80. The molecule has 0 saturated heterocycles. The van der Waals surface area contributed by atoms with Crippen molar-refractivity contribution in [1.82, 2.24) is 4.57 Å². The van der Waals surface area contributed by atoms with Gasteiger partial charge in [0, 0.05) is 18.1 Å². The number of aromatic nitrogens is 1. The first-order valence-corrected chi connectivity index (χ1v) is 7.70. The van der Waals surface area contributed by atoms with Gasteiger partial charge in [-0.15, -0.1) is 11.6 Å². The van der Waals surface area contributed by atoms with Crippen LogP contribution in [0.15, 0.2) is 12.1 Å². The van der Waals surface area contributed by atoms with Crippen molar-refractivity contribution in [3.8, 4) is 0 Å². The van der Waals surface area contributed by atoms with E-state index in [1.54, 1.807) is 12.1 Å². The number of fused-ring (bicyclic) bond motifs is 1. The molecule has 1 aromatic heterocycles. The third-order valence-electron chi connectivity index (χ3n) is 3.09. The highest BCUT2D eigenvalue weighted by atomic mass is 35.5. The Labute approximate surface area is 138 Å². The summed E-state index contributed by atoms with van der Waals surface area (Å²) in [6.45, 7) is 5.46. The van der Waals surface area contributed by atoms with Gasteiger partial charge in [-0.25, -0.2) is 4.79 Å². The molecule has 2 aromatic rings. The summed E-state index contributed by atoms with van der Waals surface area (Å²) in [6.07, 6.45) is 0. The molecule has 0 amide bonds. The van der Waals surface area contributed by atoms with E-state index in [2.05, 4.69) is 0 Å². The van der Waals surface area contributed by atoms with E-state index >= 15 is 0 Å². The van der Waals surface area contributed by atoms with Gasteiger partial charge in [-0.3, -0.25) is 0 Å². The number of benzene rings is 1. The van der Waals surface area contributed by atoms with Crippen LogP contribution in [-0.2, 0) is 17.7 Å². The molecule has 3 nitrogen and oxygen atoms in total. The van der Waals surface area contributed by atoms with Gasteiger partial charge in [-0.1, -0.05) is 23.2 Å². The van der Waals surface area contributed by atoms with Gasteiger partial charge < -0.3 is 9.30 Å². The number of hydrogen-bond acceptors (Lipinski definition) is 2. The topological polar surface area (TPSA) is 31.2 Å². The first-order chi connectivity index (χ1) is 9.65. The summed E-state index contributed by atoms with van der Waals surface area (Å²) in [7, 11) is 1.83. The Balaban J connectivity index is 2.72. The lowest BCUT2D eigenvalue weighted by atomic mass is 10.1. The van der Waals surface area contributed by atoms with Crippen LogP contribution in [-0.4, -0.2) is 16.1 Å². The first-order valence-electron chi connectivity index (χ1n) is 6.41. The maximum Gasteiger partial charge on any atom is 0.341 e. The normalized spacial score (nSPS) is 12.0. The van der Waals surface area contributed by atoms with Gasteiger partial charge in [-0.2, -0.15) is 0 Å². The van der Waals surface area contributed by atoms with Crippen LogP contribution in [0.3, 0.4) is 0 Å². The van der Waals surface area contributed by atoms with E-state index < -0.39 is 11.6 Å². The van der Waals surface area contributed by atoms with Crippen LogP contribution in [0.4, 0.5) is 0 Å². The van der Waals surface area contributed by atoms with E-state index in [4.69, 9.17) is 39.5 Å². The Morgan fingerprint density at radius 3 is 2.33 bits per heavy atom. The van der Waals surface area contributed by atoms with Crippen LogP contribution in [0, 0.1) is 0 Å². The SMILES string of the molecule is Cn1c(CCl)c(C(=O)OC(C)(C)C)c2cc(Cl)c(Cl)cc21. The van der Waals surface area contributed by atoms with Crippen molar-refractivity contribution in [2.24, 2.45) is 7.05 Å².